The van der Waals surface area contributed by atoms with Crippen molar-refractivity contribution in [1.82, 2.24) is 0 Å². The lowest BCUT2D eigenvalue weighted by molar-refractivity contribution is 0.669. The molecule has 11 aromatic rings. The quantitative estimate of drug-likeness (QED) is 0.160. The molecule has 262 valence electrons. The summed E-state index contributed by atoms with van der Waals surface area (Å²) in [5, 5.41) is 9.78. The molecule has 0 saturated heterocycles. The number of anilines is 3. The predicted octanol–water partition coefficient (Wildman–Crippen LogP) is 15.5. The number of furan rings is 1. The molecular weight excluding hydrogens is 679 g/mol. The zero-order valence-corrected chi connectivity index (χ0v) is 30.6. The topological polar surface area (TPSA) is 16.4 Å². The molecular formula is C54H35NO. The summed E-state index contributed by atoms with van der Waals surface area (Å²) in [6.07, 6.45) is 0. The molecule has 0 unspecified atom stereocenters. The number of fused-ring (bicyclic) bond motifs is 7. The monoisotopic (exact) mass is 713 g/mol. The number of rotatable bonds is 6. The van der Waals surface area contributed by atoms with E-state index in [4.69, 9.17) is 4.42 Å². The van der Waals surface area contributed by atoms with Crippen LogP contribution in [-0.2, 0) is 0 Å². The van der Waals surface area contributed by atoms with Crippen LogP contribution in [0.15, 0.2) is 217 Å². The van der Waals surface area contributed by atoms with Crippen LogP contribution in [-0.4, -0.2) is 0 Å². The Morgan fingerprint density at radius 1 is 0.286 bits per heavy atom. The van der Waals surface area contributed by atoms with Gasteiger partial charge >= 0.3 is 0 Å². The molecule has 0 fully saturated rings. The molecule has 0 saturated carbocycles. The highest BCUT2D eigenvalue weighted by Gasteiger charge is 2.20. The molecule has 0 N–H and O–H groups in total. The third-order valence-electron chi connectivity index (χ3n) is 11.2. The van der Waals surface area contributed by atoms with E-state index < -0.39 is 0 Å². The first-order chi connectivity index (χ1) is 27.7. The van der Waals surface area contributed by atoms with Gasteiger partial charge in [0.1, 0.15) is 11.2 Å². The summed E-state index contributed by atoms with van der Waals surface area (Å²) in [7, 11) is 0. The van der Waals surface area contributed by atoms with E-state index in [9.17, 15) is 0 Å². The average molecular weight is 714 g/mol. The van der Waals surface area contributed by atoms with Crippen molar-refractivity contribution >= 4 is 71.3 Å². The number of benzene rings is 10. The molecule has 0 amide bonds. The lowest BCUT2D eigenvalue weighted by atomic mass is 9.96. The zero-order chi connectivity index (χ0) is 37.0. The van der Waals surface area contributed by atoms with Crippen LogP contribution in [0, 0.1) is 0 Å². The minimum absolute atomic E-state index is 0.871. The summed E-state index contributed by atoms with van der Waals surface area (Å²) in [5.74, 6) is 0. The minimum Gasteiger partial charge on any atom is -0.456 e. The minimum atomic E-state index is 0.871. The van der Waals surface area contributed by atoms with Gasteiger partial charge in [-0.1, -0.05) is 158 Å². The highest BCUT2D eigenvalue weighted by atomic mass is 16.3. The Bertz CT molecular complexity index is 3250. The van der Waals surface area contributed by atoms with Gasteiger partial charge in [-0.05, 0) is 120 Å². The van der Waals surface area contributed by atoms with Gasteiger partial charge < -0.3 is 9.32 Å². The second-order valence-corrected chi connectivity index (χ2v) is 14.5. The summed E-state index contributed by atoms with van der Waals surface area (Å²) >= 11 is 0. The number of hydrogen-bond donors (Lipinski definition) is 0. The van der Waals surface area contributed by atoms with Gasteiger partial charge in [-0.3, -0.25) is 0 Å². The number of nitrogens with zero attached hydrogens (tertiary/aromatic N) is 1. The van der Waals surface area contributed by atoms with Crippen LogP contribution >= 0.6 is 0 Å². The molecule has 11 rings (SSSR count). The van der Waals surface area contributed by atoms with Crippen LogP contribution in [0.4, 0.5) is 17.1 Å². The van der Waals surface area contributed by atoms with Gasteiger partial charge in [0.15, 0.2) is 0 Å². The molecule has 0 aliphatic carbocycles. The Morgan fingerprint density at radius 2 is 0.821 bits per heavy atom. The second-order valence-electron chi connectivity index (χ2n) is 14.5. The fraction of sp³-hybridized carbons (Fsp3) is 0. The lowest BCUT2D eigenvalue weighted by Crippen LogP contribution is -2.10. The maximum absolute atomic E-state index is 6.38. The van der Waals surface area contributed by atoms with Crippen molar-refractivity contribution < 1.29 is 4.42 Å². The summed E-state index contributed by atoms with van der Waals surface area (Å²) in [4.78, 5) is 2.37. The van der Waals surface area contributed by atoms with Crippen LogP contribution in [0.25, 0.3) is 87.6 Å². The van der Waals surface area contributed by atoms with Crippen molar-refractivity contribution in [2.75, 3.05) is 4.90 Å². The molecule has 1 aromatic heterocycles. The van der Waals surface area contributed by atoms with Gasteiger partial charge in [0, 0.05) is 16.8 Å². The second kappa shape index (κ2) is 13.2. The third-order valence-corrected chi connectivity index (χ3v) is 11.2. The van der Waals surface area contributed by atoms with E-state index in [0.717, 1.165) is 39.0 Å². The Labute approximate surface area is 325 Å². The predicted molar refractivity (Wildman–Crippen MR) is 237 cm³/mol. The molecule has 2 heteroatoms. The van der Waals surface area contributed by atoms with Gasteiger partial charge in [0.2, 0.25) is 0 Å². The maximum atomic E-state index is 6.38. The van der Waals surface area contributed by atoms with Crippen molar-refractivity contribution in [2.24, 2.45) is 0 Å². The van der Waals surface area contributed by atoms with E-state index in [-0.39, 0.29) is 0 Å². The van der Waals surface area contributed by atoms with Crippen LogP contribution < -0.4 is 4.90 Å². The maximum Gasteiger partial charge on any atom is 0.137 e. The highest BCUT2D eigenvalue weighted by molar-refractivity contribution is 6.13. The molecule has 0 bridgehead atoms. The fourth-order valence-electron chi connectivity index (χ4n) is 8.41. The molecule has 0 spiro atoms. The smallest absolute Gasteiger partial charge is 0.137 e. The van der Waals surface area contributed by atoms with E-state index >= 15 is 0 Å². The molecule has 56 heavy (non-hydrogen) atoms. The lowest BCUT2D eigenvalue weighted by Gasteiger charge is -2.27. The average Bonchev–Trinajstić information content (AvgIpc) is 3.66. The molecule has 10 aromatic carbocycles. The van der Waals surface area contributed by atoms with Gasteiger partial charge in [0.25, 0.3) is 0 Å². The van der Waals surface area contributed by atoms with Crippen molar-refractivity contribution in [3.63, 3.8) is 0 Å². The highest BCUT2D eigenvalue weighted by Crippen LogP contribution is 2.44. The van der Waals surface area contributed by atoms with E-state index in [0.29, 0.717) is 0 Å². The van der Waals surface area contributed by atoms with E-state index in [1.807, 2.05) is 12.1 Å². The van der Waals surface area contributed by atoms with Gasteiger partial charge in [-0.15, -0.1) is 0 Å². The Morgan fingerprint density at radius 3 is 1.66 bits per heavy atom. The third kappa shape index (κ3) is 5.51. The molecule has 0 atom stereocenters. The summed E-state index contributed by atoms with van der Waals surface area (Å²) in [5.41, 5.74) is 12.1. The number of hydrogen-bond acceptors (Lipinski definition) is 2. The normalized spacial score (nSPS) is 11.6. The van der Waals surface area contributed by atoms with Crippen molar-refractivity contribution in [3.8, 4) is 33.4 Å². The van der Waals surface area contributed by atoms with Gasteiger partial charge in [0.05, 0.1) is 11.1 Å². The zero-order valence-electron chi connectivity index (χ0n) is 30.6. The fourth-order valence-corrected chi connectivity index (χ4v) is 8.41. The largest absolute Gasteiger partial charge is 0.456 e. The standard InChI is InChI=1S/C54H35NO/c1-2-11-41-33-44(25-23-36(41)9-1)42-12-7-13-47(35-42)55(51-16-8-18-53-54(51)50-15-5-6-17-52(50)56-53)46-30-27-38(28-31-46)37-19-21-39(22-20-37)43-29-32-49-45(34-43)26-24-40-10-3-4-14-48(40)49/h1-35H. The summed E-state index contributed by atoms with van der Waals surface area (Å²) < 4.78 is 6.38. The Hall–Kier alpha value is -7.42. The molecule has 0 aliphatic heterocycles. The van der Waals surface area contributed by atoms with Crippen LogP contribution in [0.5, 0.6) is 0 Å². The van der Waals surface area contributed by atoms with Crippen molar-refractivity contribution in [3.05, 3.63) is 212 Å². The Kier molecular flexibility index (Phi) is 7.53. The van der Waals surface area contributed by atoms with Crippen molar-refractivity contribution in [2.45, 2.75) is 0 Å². The van der Waals surface area contributed by atoms with Gasteiger partial charge in [-0.25, -0.2) is 0 Å². The first-order valence-electron chi connectivity index (χ1n) is 19.2. The summed E-state index contributed by atoms with van der Waals surface area (Å²) in [6.45, 7) is 0. The van der Waals surface area contributed by atoms with E-state index in [1.165, 1.54) is 65.7 Å². The Balaban J connectivity index is 0.976. The van der Waals surface area contributed by atoms with Crippen LogP contribution in [0.1, 0.15) is 0 Å². The molecule has 1 heterocycles. The number of para-hydroxylation sites is 1. The first kappa shape index (κ1) is 32.0. The van der Waals surface area contributed by atoms with Crippen LogP contribution in [0.3, 0.4) is 0 Å². The SMILES string of the molecule is c1cc(-c2ccc3ccccc3c2)cc(N(c2ccc(-c3ccc(-c4ccc5c(ccc6ccccc65)c4)cc3)cc2)c2cccc3oc4ccccc4c23)c1. The van der Waals surface area contributed by atoms with Crippen molar-refractivity contribution in [1.29, 1.82) is 0 Å². The summed E-state index contributed by atoms with van der Waals surface area (Å²) in [6, 6.07) is 76.5. The van der Waals surface area contributed by atoms with Gasteiger partial charge in [-0.2, -0.15) is 0 Å². The molecule has 2 nitrogen and oxygen atoms in total. The van der Waals surface area contributed by atoms with E-state index in [2.05, 4.69) is 205 Å². The van der Waals surface area contributed by atoms with Crippen LogP contribution in [0.2, 0.25) is 0 Å². The molecule has 0 radical (unpaired) electrons. The molecule has 0 aliphatic rings. The van der Waals surface area contributed by atoms with E-state index in [1.54, 1.807) is 0 Å². The first-order valence-corrected chi connectivity index (χ1v) is 19.2.